The van der Waals surface area contributed by atoms with E-state index in [4.69, 9.17) is 185 Å². The molecule has 7 aliphatic rings. The number of nitrogen functional groups attached to an aromatic ring is 1. The highest BCUT2D eigenvalue weighted by Gasteiger charge is 2.52. The van der Waals surface area contributed by atoms with Crippen LogP contribution in [0.15, 0.2) is 106 Å². The molecule has 8 aromatic rings. The van der Waals surface area contributed by atoms with E-state index in [1.54, 1.807) is 6.92 Å². The Balaban J connectivity index is 0.636. The Morgan fingerprint density at radius 3 is 0.722 bits per heavy atom. The zero-order valence-corrected chi connectivity index (χ0v) is 88.1. The number of rotatable bonds is 41. The molecule has 792 valence electrons. The average molecular weight is 2300 g/mol. The van der Waals surface area contributed by atoms with Crippen LogP contribution < -0.4 is 78.8 Å². The molecule has 7 fully saturated rings. The van der Waals surface area contributed by atoms with Gasteiger partial charge in [-0.15, -0.1) is 0 Å². The summed E-state index contributed by atoms with van der Waals surface area (Å²) in [5, 5.41) is 0. The predicted octanol–water partition coefficient (Wildman–Crippen LogP) is -0.764. The van der Waals surface area contributed by atoms with Crippen molar-refractivity contribution in [2.75, 3.05) is 52.5 Å². The minimum atomic E-state index is -4.82. The summed E-state index contributed by atoms with van der Waals surface area (Å²) in [6, 6.07) is 0. The second kappa shape index (κ2) is 44.9. The third-order valence-electron chi connectivity index (χ3n) is 23.7. The van der Waals surface area contributed by atoms with Gasteiger partial charge in [-0.1, -0.05) is 6.92 Å². The van der Waals surface area contributed by atoms with Crippen molar-refractivity contribution in [1.29, 1.82) is 0 Å². The third kappa shape index (κ3) is 26.9. The van der Waals surface area contributed by atoms with Gasteiger partial charge in [0.25, 0.3) is 38.9 Å². The van der Waals surface area contributed by atoms with Gasteiger partial charge in [0, 0.05) is 123 Å². The molecule has 0 aliphatic carbocycles. The van der Waals surface area contributed by atoms with E-state index in [1.807, 2.05) is 0 Å². The molecule has 0 radical (unpaired) electrons. The van der Waals surface area contributed by atoms with Crippen LogP contribution in [0.5, 0.6) is 0 Å². The first-order valence-corrected chi connectivity index (χ1v) is 61.4. The number of aromatic amines is 7. The van der Waals surface area contributed by atoms with Crippen molar-refractivity contribution < 1.29 is 131 Å². The van der Waals surface area contributed by atoms with E-state index in [1.165, 1.54) is 71.0 Å². The number of hydrogen-bond donors (Lipinski definition) is 15. The topological polar surface area (TPSA) is 754 Å². The van der Waals surface area contributed by atoms with Gasteiger partial charge in [-0.25, -0.2) is 33.8 Å². The van der Waals surface area contributed by atoms with Gasteiger partial charge in [-0.05, 0) is 131 Å². The Labute approximate surface area is 842 Å². The van der Waals surface area contributed by atoms with E-state index in [9.17, 15) is 96.6 Å². The van der Waals surface area contributed by atoms with E-state index in [0.717, 1.165) is 53.1 Å². The quantitative estimate of drug-likeness (QED) is 0.0209. The lowest BCUT2D eigenvalue weighted by Crippen LogP contribution is -2.33. The van der Waals surface area contributed by atoms with E-state index in [0.29, 0.717) is 0 Å². The summed E-state index contributed by atoms with van der Waals surface area (Å²) >= 11 is 38.6. The predicted molar refractivity (Wildman–Crippen MR) is 521 cm³/mol. The lowest BCUT2D eigenvalue weighted by molar-refractivity contribution is -0.0580. The lowest BCUT2D eigenvalue weighted by Gasteiger charge is -2.29. The minimum Gasteiger partial charge on any atom is -0.369 e. The van der Waals surface area contributed by atoms with Crippen LogP contribution in [-0.4, -0.2) is 243 Å². The van der Waals surface area contributed by atoms with Crippen LogP contribution in [0, 0.1) is 41.5 Å². The first-order chi connectivity index (χ1) is 67.5. The Morgan fingerprint density at radius 2 is 0.514 bits per heavy atom. The number of hydrogen-bond acceptors (Lipinski definition) is 44. The molecule has 0 aromatic carbocycles. The summed E-state index contributed by atoms with van der Waals surface area (Å²) in [7, 11) is 1.09. The highest BCUT2D eigenvalue weighted by molar-refractivity contribution is 8.09. The number of nitrogens with one attached hydrogen (secondary N) is 7. The van der Waals surface area contributed by atoms with E-state index < -0.39 is 308 Å². The van der Waals surface area contributed by atoms with Gasteiger partial charge in [-0.2, -0.15) is 4.98 Å². The minimum absolute atomic E-state index is 0.00644. The number of ether oxygens (including phenoxy) is 7. The third-order valence-corrected chi connectivity index (χ3v) is 34.9. The zero-order valence-electron chi connectivity index (χ0n) is 76.2. The zero-order chi connectivity index (χ0) is 104. The molecular weight excluding hydrogens is 2200 g/mol. The van der Waals surface area contributed by atoms with Crippen LogP contribution in [0.3, 0.4) is 0 Å². The van der Waals surface area contributed by atoms with Crippen molar-refractivity contribution in [2.24, 2.45) is 0 Å². The standard InChI is InChI=1S/C72H96N17O41P7S7/c1-9-36-37(10-50(117-36)83-17-30(2)59(90)77-67(83)97)125-132(104,139)111-24-45-39(12-52(119-45)85-19-32(4)61(92)79-69(85)99)126-133(105,140)113-25-46-40(13-53(120-46)86-20-33(5)62(93)80-70(86)100)127-134(106,141)114-26-47-41(14-54(121-47)87-21-34(6)63(94)81-71(87)101)128-135(107,142)115-27-48-42(15-55(122-48)88-22-35(7)64(95)82-72(88)102)129-136(108,143)116-28-49-43(16-56(123-49)89-29-74-57-58(89)75-66(73)76-65(57)96)130-137(109,144)112-23-44-38(124-131(103,138)110-8)11-51(118-44)84-18-31(3)60(91)78-68(84)98/h17-22,29,36-56H,9-16,23-28H2,1-8H3,(H,103,138)(H,104,139)(H,105,140)(H,106,141)(H,107,142)(H,108,143)(H,109,144)(H,77,90,97)(H,78,91,98)(H,79,92,99)(H,80,93,100)(H,81,94,101)(H,82,95,102)(H3,73,75,76,96)/t36-,37-,38-,39-,40-,41-,42-,43-,44-,45-,46-,47-,48-,49-,50-,51-,52-,53-,54-,55-,56-,131?,132?,133?,134?,135?,136?,137?/m1/s1. The monoisotopic (exact) mass is 2300 g/mol. The molecule has 8 aromatic heterocycles. The summed E-state index contributed by atoms with van der Waals surface area (Å²) in [5.41, 5.74) is -4.59. The van der Waals surface area contributed by atoms with Crippen molar-refractivity contribution in [3.63, 3.8) is 0 Å². The summed E-state index contributed by atoms with van der Waals surface area (Å²) in [6.07, 6.45) is -22.0. The fraction of sp³-hybridized carbons (Fsp3) is 0.597. The van der Waals surface area contributed by atoms with Gasteiger partial charge in [0.05, 0.1) is 94.8 Å². The smallest absolute Gasteiger partial charge is 0.330 e. The van der Waals surface area contributed by atoms with E-state index >= 15 is 0 Å². The van der Waals surface area contributed by atoms with Crippen molar-refractivity contribution in [2.45, 2.75) is 229 Å². The van der Waals surface area contributed by atoms with Crippen LogP contribution in [0.25, 0.3) is 11.2 Å². The molecule has 0 spiro atoms. The largest absolute Gasteiger partial charge is 0.369 e. The highest BCUT2D eigenvalue weighted by Crippen LogP contribution is 2.59. The molecule has 28 atom stereocenters. The molecule has 7 saturated heterocycles. The molecule has 0 saturated carbocycles. The lowest BCUT2D eigenvalue weighted by atomic mass is 10.1. The van der Waals surface area contributed by atoms with Crippen molar-refractivity contribution in [3.8, 4) is 0 Å². The Bertz CT molecular complexity index is 7460. The van der Waals surface area contributed by atoms with Gasteiger partial charge >= 0.3 is 81.2 Å². The molecule has 144 heavy (non-hydrogen) atoms. The summed E-state index contributed by atoms with van der Waals surface area (Å²) in [5.74, 6) is -0.325. The SMILES string of the molecule is CC[C@H]1O[C@@H](n2cc(C)c(=O)[nH]c2=O)C[C@H]1OP(O)(=S)OC[C@H]1O[C@@H](n2cc(C)c(=O)[nH]c2=O)C[C@H]1OP(O)(=S)OC[C@H]1O[C@@H](n2cc(C)c(=O)[nH]c2=O)C[C@H]1OP(O)(=S)OC[C@H]1O[C@@H](n2cc(C)c(=O)[nH]c2=O)C[C@H]1OP(O)(=S)OC[C@H]1O[C@@H](n2cc(C)c(=O)[nH]c2=O)C[C@H]1OP(O)(=S)OC[C@H]1O[C@@H](n2cnc3c(=O)[nH]c(N)nc32)C[C@H]1OP(O)(=S)OC[C@H]1O[C@@H](n2cc(C)c(=O)[nH]c2=O)C[C@H]1OP(O)(=S)OC. The highest BCUT2D eigenvalue weighted by atomic mass is 32.5. The molecule has 72 heteroatoms. The van der Waals surface area contributed by atoms with E-state index in [2.05, 4.69) is 44.9 Å². The van der Waals surface area contributed by atoms with Crippen LogP contribution in [0.2, 0.25) is 0 Å². The van der Waals surface area contributed by atoms with E-state index in [-0.39, 0.29) is 82.6 Å². The molecule has 15 heterocycles. The maximum Gasteiger partial charge on any atom is 0.330 e. The van der Waals surface area contributed by atoms with Gasteiger partial charge < -0.3 is 136 Å². The molecule has 0 amide bonds. The molecule has 15 rings (SSSR count). The number of anilines is 1. The maximum absolute atomic E-state index is 13.6. The van der Waals surface area contributed by atoms with Gasteiger partial charge in [0.1, 0.15) is 80.2 Å². The number of aromatic nitrogens is 16. The number of fused-ring (bicyclic) bond motifs is 1. The molecular formula is C72H96N17O41P7S7. The molecule has 0 bridgehead atoms. The maximum atomic E-state index is 13.6. The number of aryl methyl sites for hydroxylation is 6. The van der Waals surface area contributed by atoms with Crippen LogP contribution in [-0.2, 0) is 179 Å². The number of nitrogens with zero attached hydrogens (tertiary/aromatic N) is 9. The van der Waals surface area contributed by atoms with Gasteiger partial charge in [-0.3, -0.25) is 100 Å². The Hall–Kier alpha value is -6.34. The molecule has 7 aliphatic heterocycles. The summed E-state index contributed by atoms with van der Waals surface area (Å²) in [6.45, 7) is -26.7. The molecule has 58 nitrogen and oxygen atoms in total. The van der Waals surface area contributed by atoms with Crippen molar-refractivity contribution in [3.05, 3.63) is 212 Å². The van der Waals surface area contributed by atoms with Crippen LogP contribution >= 0.6 is 47.0 Å². The summed E-state index contributed by atoms with van der Waals surface area (Å²) < 4.78 is 134. The number of imidazole rings is 1. The average Bonchev–Trinajstić information content (AvgIpc) is 1.57. The Morgan fingerprint density at radius 1 is 0.319 bits per heavy atom. The van der Waals surface area contributed by atoms with Gasteiger partial charge in [0.15, 0.2) is 11.2 Å². The number of nitrogens with two attached hydrogens (primary N) is 1. The second-order valence-corrected chi connectivity index (χ2v) is 53.5. The second-order valence-electron chi connectivity index (χ2n) is 33.9. The molecule has 7 unspecified atom stereocenters. The van der Waals surface area contributed by atoms with Crippen LogP contribution in [0.4, 0.5) is 5.95 Å². The fourth-order valence-electron chi connectivity index (χ4n) is 16.5. The molecule has 16 N–H and O–H groups in total. The fourth-order valence-corrected chi connectivity index (χ4v) is 26.3. The normalized spacial score (nSPS) is 29.6. The Kier molecular flexibility index (Phi) is 34.9. The van der Waals surface area contributed by atoms with Gasteiger partial charge in [0.2, 0.25) is 5.95 Å². The van der Waals surface area contributed by atoms with Crippen molar-refractivity contribution in [1.82, 2.24) is 76.8 Å². The van der Waals surface area contributed by atoms with Crippen LogP contribution in [0.1, 0.15) is 135 Å². The first kappa shape index (κ1) is 112. The van der Waals surface area contributed by atoms with Crippen molar-refractivity contribution >= 4 is 147 Å². The number of H-pyrrole nitrogens is 7. The summed E-state index contributed by atoms with van der Waals surface area (Å²) in [4.78, 5) is 275. The first-order valence-electron chi connectivity index (χ1n) is 43.2.